The summed E-state index contributed by atoms with van der Waals surface area (Å²) in [5.74, 6) is -0.473. The molecule has 94 valence electrons. The first kappa shape index (κ1) is 12.4. The molecule has 0 atom stereocenters. The topological polar surface area (TPSA) is 26.0 Å². The smallest absolute Gasteiger partial charge is 0.263 e. The van der Waals surface area contributed by atoms with Crippen LogP contribution in [-0.2, 0) is 5.54 Å². The molecule has 0 heterocycles. The summed E-state index contributed by atoms with van der Waals surface area (Å²) in [7, 11) is 0. The minimum atomic E-state index is -2.58. The molecule has 0 amide bonds. The molecule has 0 radical (unpaired) electrons. The molecule has 2 N–H and O–H groups in total. The molecule has 1 saturated carbocycles. The van der Waals surface area contributed by atoms with Crippen molar-refractivity contribution in [3.05, 3.63) is 35.1 Å². The Balaban J connectivity index is 2.38. The predicted octanol–water partition coefficient (Wildman–Crippen LogP) is 3.88. The highest BCUT2D eigenvalue weighted by Crippen LogP contribution is 2.37. The Kier molecular flexibility index (Phi) is 3.43. The number of nitrogens with two attached hydrogens (primary N) is 1. The van der Waals surface area contributed by atoms with Crippen LogP contribution < -0.4 is 5.73 Å². The van der Waals surface area contributed by atoms with Crippen LogP contribution in [0.5, 0.6) is 0 Å². The van der Waals surface area contributed by atoms with E-state index in [0.717, 1.165) is 31.4 Å². The second-order valence-electron chi connectivity index (χ2n) is 4.76. The summed E-state index contributed by atoms with van der Waals surface area (Å²) < 4.78 is 39.0. The first-order valence-electron chi connectivity index (χ1n) is 5.90. The average molecular weight is 243 g/mol. The lowest BCUT2D eigenvalue weighted by Gasteiger charge is -2.34. The van der Waals surface area contributed by atoms with Gasteiger partial charge in [-0.25, -0.2) is 13.2 Å². The van der Waals surface area contributed by atoms with Gasteiger partial charge < -0.3 is 5.73 Å². The lowest BCUT2D eigenvalue weighted by atomic mass is 9.77. The van der Waals surface area contributed by atoms with Crippen molar-refractivity contribution in [3.8, 4) is 0 Å². The molecule has 1 aliphatic carbocycles. The van der Waals surface area contributed by atoms with Crippen molar-refractivity contribution >= 4 is 0 Å². The van der Waals surface area contributed by atoms with E-state index in [9.17, 15) is 13.2 Å². The molecule has 1 aromatic rings. The molecule has 0 unspecified atom stereocenters. The van der Waals surface area contributed by atoms with Gasteiger partial charge in [-0.3, -0.25) is 0 Å². The van der Waals surface area contributed by atoms with Gasteiger partial charge >= 0.3 is 0 Å². The minimum Gasteiger partial charge on any atom is -0.321 e. The van der Waals surface area contributed by atoms with Crippen LogP contribution in [0, 0.1) is 5.82 Å². The average Bonchev–Trinajstić information content (AvgIpc) is 2.30. The van der Waals surface area contributed by atoms with E-state index in [-0.39, 0.29) is 11.1 Å². The number of hydrogen-bond acceptors (Lipinski definition) is 1. The Morgan fingerprint density at radius 2 is 1.76 bits per heavy atom. The zero-order valence-electron chi connectivity index (χ0n) is 9.56. The van der Waals surface area contributed by atoms with E-state index < -0.39 is 17.8 Å². The first-order chi connectivity index (χ1) is 8.03. The summed E-state index contributed by atoms with van der Waals surface area (Å²) in [5.41, 5.74) is 5.48. The van der Waals surface area contributed by atoms with Crippen LogP contribution in [0.3, 0.4) is 0 Å². The first-order valence-corrected chi connectivity index (χ1v) is 5.90. The monoisotopic (exact) mass is 243 g/mol. The Morgan fingerprint density at radius 3 is 2.35 bits per heavy atom. The SMILES string of the molecule is NC1(c2cc(C(F)F)ccc2F)CCCCC1. The van der Waals surface area contributed by atoms with Crippen LogP contribution in [0.4, 0.5) is 13.2 Å². The fourth-order valence-corrected chi connectivity index (χ4v) is 2.51. The quantitative estimate of drug-likeness (QED) is 0.838. The van der Waals surface area contributed by atoms with Crippen LogP contribution in [0.2, 0.25) is 0 Å². The van der Waals surface area contributed by atoms with Crippen molar-refractivity contribution in [2.45, 2.75) is 44.1 Å². The Labute approximate surface area is 98.8 Å². The highest BCUT2D eigenvalue weighted by atomic mass is 19.3. The molecule has 4 heteroatoms. The summed E-state index contributed by atoms with van der Waals surface area (Å²) in [6.45, 7) is 0. The maximum Gasteiger partial charge on any atom is 0.263 e. The Hall–Kier alpha value is -1.03. The van der Waals surface area contributed by atoms with E-state index >= 15 is 0 Å². The molecule has 0 saturated heterocycles. The van der Waals surface area contributed by atoms with Crippen LogP contribution in [0.1, 0.15) is 49.7 Å². The van der Waals surface area contributed by atoms with Crippen molar-refractivity contribution in [3.63, 3.8) is 0 Å². The highest BCUT2D eigenvalue weighted by molar-refractivity contribution is 5.32. The number of hydrogen-bond donors (Lipinski definition) is 1. The Bertz CT molecular complexity index is 398. The Morgan fingerprint density at radius 1 is 1.12 bits per heavy atom. The van der Waals surface area contributed by atoms with Gasteiger partial charge in [0.25, 0.3) is 6.43 Å². The van der Waals surface area contributed by atoms with E-state index in [1.165, 1.54) is 6.07 Å². The minimum absolute atomic E-state index is 0.156. The molecule has 0 spiro atoms. The van der Waals surface area contributed by atoms with Crippen molar-refractivity contribution in [1.82, 2.24) is 0 Å². The number of alkyl halides is 2. The third-order valence-electron chi connectivity index (χ3n) is 3.52. The molecule has 1 aliphatic rings. The molecule has 0 bridgehead atoms. The third kappa shape index (κ3) is 2.46. The van der Waals surface area contributed by atoms with Crippen LogP contribution >= 0.6 is 0 Å². The zero-order valence-corrected chi connectivity index (χ0v) is 9.56. The van der Waals surface area contributed by atoms with E-state index in [2.05, 4.69) is 0 Å². The molecule has 2 rings (SSSR count). The van der Waals surface area contributed by atoms with E-state index in [0.29, 0.717) is 12.8 Å². The van der Waals surface area contributed by atoms with Crippen molar-refractivity contribution in [2.24, 2.45) is 5.73 Å². The van der Waals surface area contributed by atoms with Gasteiger partial charge in [-0.1, -0.05) is 25.3 Å². The van der Waals surface area contributed by atoms with Gasteiger partial charge in [0.15, 0.2) is 0 Å². The van der Waals surface area contributed by atoms with Gasteiger partial charge in [0.1, 0.15) is 5.82 Å². The molecule has 1 aromatic carbocycles. The molecule has 0 aromatic heterocycles. The van der Waals surface area contributed by atoms with Gasteiger partial charge in [-0.2, -0.15) is 0 Å². The number of benzene rings is 1. The summed E-state index contributed by atoms with van der Waals surface area (Å²) in [6, 6.07) is 3.45. The van der Waals surface area contributed by atoms with E-state index in [1.807, 2.05) is 0 Å². The lowest BCUT2D eigenvalue weighted by molar-refractivity contribution is 0.151. The highest BCUT2D eigenvalue weighted by Gasteiger charge is 2.32. The van der Waals surface area contributed by atoms with E-state index in [4.69, 9.17) is 5.73 Å². The van der Waals surface area contributed by atoms with E-state index in [1.54, 1.807) is 0 Å². The van der Waals surface area contributed by atoms with Gasteiger partial charge in [-0.05, 0) is 25.0 Å². The van der Waals surface area contributed by atoms with Crippen LogP contribution in [0.15, 0.2) is 18.2 Å². The van der Waals surface area contributed by atoms with Gasteiger partial charge in [0.05, 0.1) is 0 Å². The van der Waals surface area contributed by atoms with Crippen LogP contribution in [-0.4, -0.2) is 0 Å². The molecule has 1 nitrogen and oxygen atoms in total. The second-order valence-corrected chi connectivity index (χ2v) is 4.76. The lowest BCUT2D eigenvalue weighted by Crippen LogP contribution is -2.39. The normalized spacial score (nSPS) is 19.6. The fourth-order valence-electron chi connectivity index (χ4n) is 2.51. The fraction of sp³-hybridized carbons (Fsp3) is 0.538. The summed E-state index contributed by atoms with van der Waals surface area (Å²) in [6.07, 6.45) is 1.67. The van der Waals surface area contributed by atoms with Crippen LogP contribution in [0.25, 0.3) is 0 Å². The van der Waals surface area contributed by atoms with Gasteiger partial charge in [0, 0.05) is 16.7 Å². The molecule has 1 fully saturated rings. The molecule has 17 heavy (non-hydrogen) atoms. The number of rotatable bonds is 2. The largest absolute Gasteiger partial charge is 0.321 e. The molecular weight excluding hydrogens is 227 g/mol. The van der Waals surface area contributed by atoms with Crippen molar-refractivity contribution in [2.75, 3.05) is 0 Å². The van der Waals surface area contributed by atoms with Crippen molar-refractivity contribution < 1.29 is 13.2 Å². The number of halogens is 3. The predicted molar refractivity (Wildman–Crippen MR) is 60.3 cm³/mol. The summed E-state index contributed by atoms with van der Waals surface area (Å²) >= 11 is 0. The zero-order chi connectivity index (χ0) is 12.5. The third-order valence-corrected chi connectivity index (χ3v) is 3.52. The maximum atomic E-state index is 13.7. The standard InChI is InChI=1S/C13H16F3N/c14-11-5-4-9(12(15)16)8-10(11)13(17)6-2-1-3-7-13/h4-5,8,12H,1-3,6-7,17H2. The van der Waals surface area contributed by atoms with Gasteiger partial charge in [0.2, 0.25) is 0 Å². The molecule has 0 aliphatic heterocycles. The molecular formula is C13H16F3N. The van der Waals surface area contributed by atoms with Gasteiger partial charge in [-0.15, -0.1) is 0 Å². The summed E-state index contributed by atoms with van der Waals surface area (Å²) in [5, 5.41) is 0. The maximum absolute atomic E-state index is 13.7. The van der Waals surface area contributed by atoms with Crippen molar-refractivity contribution in [1.29, 1.82) is 0 Å². The summed E-state index contributed by atoms with van der Waals surface area (Å²) in [4.78, 5) is 0. The second kappa shape index (κ2) is 4.69.